The lowest BCUT2D eigenvalue weighted by Gasteiger charge is -2.33. The zero-order chi connectivity index (χ0) is 21.0. The number of hydrogen-bond acceptors (Lipinski definition) is 5. The molecule has 0 unspecified atom stereocenters. The Morgan fingerprint density at radius 1 is 1.14 bits per heavy atom. The van der Waals surface area contributed by atoms with Gasteiger partial charge in [-0.2, -0.15) is 0 Å². The van der Waals surface area contributed by atoms with Gasteiger partial charge in [0.15, 0.2) is 5.13 Å². The number of carbonyl (C=O) groups excluding carboxylic acids is 1. The minimum atomic E-state index is -0.0856. The van der Waals surface area contributed by atoms with Crippen LogP contribution in [0.25, 0.3) is 0 Å². The van der Waals surface area contributed by atoms with Crippen LogP contribution in [0.4, 0.5) is 5.13 Å². The Balaban J connectivity index is 1.67. The van der Waals surface area contributed by atoms with Crippen molar-refractivity contribution in [1.29, 1.82) is 0 Å². The summed E-state index contributed by atoms with van der Waals surface area (Å²) in [7, 11) is 0. The molecule has 3 rings (SSSR count). The first-order chi connectivity index (χ1) is 13.7. The summed E-state index contributed by atoms with van der Waals surface area (Å²) in [6.45, 7) is 14.1. The molecule has 158 valence electrons. The second-order valence-electron chi connectivity index (χ2n) is 8.60. The van der Waals surface area contributed by atoms with Crippen LogP contribution in [0.2, 0.25) is 5.02 Å². The van der Waals surface area contributed by atoms with Crippen LogP contribution in [0.3, 0.4) is 0 Å². The minimum absolute atomic E-state index is 0.0159. The monoisotopic (exact) mass is 434 g/mol. The fourth-order valence-electron chi connectivity index (χ4n) is 3.52. The Morgan fingerprint density at radius 2 is 1.76 bits per heavy atom. The first-order valence-corrected chi connectivity index (χ1v) is 11.4. The average molecular weight is 435 g/mol. The molecule has 2 heterocycles. The second kappa shape index (κ2) is 9.56. The molecule has 5 nitrogen and oxygen atoms in total. The lowest BCUT2D eigenvalue weighted by molar-refractivity contribution is -0.117. The van der Waals surface area contributed by atoms with Crippen LogP contribution < -0.4 is 5.32 Å². The van der Waals surface area contributed by atoms with Gasteiger partial charge in [-0.05, 0) is 24.2 Å². The van der Waals surface area contributed by atoms with Gasteiger partial charge >= 0.3 is 0 Å². The second-order valence-corrected chi connectivity index (χ2v) is 10.1. The van der Waals surface area contributed by atoms with E-state index in [-0.39, 0.29) is 11.3 Å². The average Bonchev–Trinajstić information content (AvgIpc) is 3.06. The van der Waals surface area contributed by atoms with Gasteiger partial charge < -0.3 is 10.2 Å². The van der Waals surface area contributed by atoms with E-state index in [1.807, 2.05) is 24.3 Å². The van der Waals surface area contributed by atoms with E-state index in [9.17, 15) is 4.79 Å². The van der Waals surface area contributed by atoms with Crippen molar-refractivity contribution in [2.45, 2.75) is 39.5 Å². The van der Waals surface area contributed by atoms with Crippen LogP contribution in [0, 0.1) is 0 Å². The molecule has 1 saturated heterocycles. The van der Waals surface area contributed by atoms with Crippen molar-refractivity contribution in [2.75, 3.05) is 44.6 Å². The molecule has 0 spiro atoms. The van der Waals surface area contributed by atoms with Crippen LogP contribution in [0.1, 0.15) is 43.8 Å². The Hall–Kier alpha value is -1.47. The van der Waals surface area contributed by atoms with E-state index in [2.05, 4.69) is 42.8 Å². The molecule has 0 radical (unpaired) electrons. The van der Waals surface area contributed by atoms with Crippen LogP contribution in [-0.2, 0) is 16.6 Å². The van der Waals surface area contributed by atoms with E-state index in [0.717, 1.165) is 49.9 Å². The molecule has 1 aromatic heterocycles. The third-order valence-corrected chi connectivity index (χ3v) is 6.43. The summed E-state index contributed by atoms with van der Waals surface area (Å²) >= 11 is 7.59. The smallest absolute Gasteiger partial charge is 0.240 e. The lowest BCUT2D eigenvalue weighted by Crippen LogP contribution is -2.48. The van der Waals surface area contributed by atoms with Gasteiger partial charge in [0, 0.05) is 47.9 Å². The fraction of sp³-hybridized carbons (Fsp3) is 0.545. The molecule has 7 heteroatoms. The lowest BCUT2D eigenvalue weighted by atomic mass is 9.90. The topological polar surface area (TPSA) is 48.5 Å². The molecular weight excluding hydrogens is 404 g/mol. The van der Waals surface area contributed by atoms with E-state index in [1.165, 1.54) is 10.4 Å². The van der Waals surface area contributed by atoms with Crippen molar-refractivity contribution in [2.24, 2.45) is 0 Å². The van der Waals surface area contributed by atoms with Crippen molar-refractivity contribution in [3.8, 4) is 0 Å². The van der Waals surface area contributed by atoms with Crippen LogP contribution in [0.15, 0.2) is 24.3 Å². The third-order valence-electron chi connectivity index (χ3n) is 5.21. The van der Waals surface area contributed by atoms with Gasteiger partial charge in [0.2, 0.25) is 5.91 Å². The van der Waals surface area contributed by atoms with Gasteiger partial charge in [0.25, 0.3) is 0 Å². The zero-order valence-corrected chi connectivity index (χ0v) is 19.4. The maximum absolute atomic E-state index is 12.6. The number of likely N-dealkylation sites (N-methyl/N-ethyl adjacent to an activating group) is 1. The van der Waals surface area contributed by atoms with Crippen LogP contribution in [0.5, 0.6) is 0 Å². The molecule has 1 aliphatic heterocycles. The van der Waals surface area contributed by atoms with Gasteiger partial charge in [-0.15, -0.1) is 11.3 Å². The number of thiazole rings is 1. The van der Waals surface area contributed by atoms with E-state index in [4.69, 9.17) is 16.6 Å². The Morgan fingerprint density at radius 3 is 2.34 bits per heavy atom. The van der Waals surface area contributed by atoms with E-state index in [1.54, 1.807) is 11.3 Å². The number of amides is 1. The van der Waals surface area contributed by atoms with Crippen molar-refractivity contribution in [1.82, 2.24) is 14.8 Å². The number of nitrogens with zero attached hydrogens (tertiary/aromatic N) is 3. The number of carbonyl (C=O) groups is 1. The van der Waals surface area contributed by atoms with Crippen molar-refractivity contribution >= 4 is 34.0 Å². The van der Waals surface area contributed by atoms with Crippen LogP contribution >= 0.6 is 22.9 Å². The number of aromatic nitrogens is 1. The van der Waals surface area contributed by atoms with Gasteiger partial charge in [0.1, 0.15) is 0 Å². The number of halogens is 1. The molecule has 1 aliphatic rings. The standard InChI is InChI=1S/C22H31ClN4OS/c1-5-26-10-12-27(13-11-26)15-19(28)24-21-25-20(22(2,3)4)18(29-21)14-16-6-8-17(23)9-7-16/h6-9H,5,10-15H2,1-4H3,(H,24,25,28). The van der Waals surface area contributed by atoms with Crippen LogP contribution in [-0.4, -0.2) is 60.0 Å². The minimum Gasteiger partial charge on any atom is -0.301 e. The normalized spacial score (nSPS) is 16.2. The van der Waals surface area contributed by atoms with E-state index >= 15 is 0 Å². The highest BCUT2D eigenvalue weighted by atomic mass is 35.5. The predicted molar refractivity (Wildman–Crippen MR) is 122 cm³/mol. The molecule has 2 aromatic rings. The zero-order valence-electron chi connectivity index (χ0n) is 17.8. The summed E-state index contributed by atoms with van der Waals surface area (Å²) in [4.78, 5) is 23.2. The van der Waals surface area contributed by atoms with Gasteiger partial charge in [-0.1, -0.05) is 51.4 Å². The summed E-state index contributed by atoms with van der Waals surface area (Å²) in [5.41, 5.74) is 2.15. The number of benzene rings is 1. The first-order valence-electron chi connectivity index (χ1n) is 10.2. The molecule has 1 amide bonds. The van der Waals surface area contributed by atoms with E-state index < -0.39 is 0 Å². The van der Waals surface area contributed by atoms with Gasteiger partial charge in [0.05, 0.1) is 12.2 Å². The Kier molecular flexibility index (Phi) is 7.32. The molecule has 0 bridgehead atoms. The molecule has 0 atom stereocenters. The number of piperazine rings is 1. The third kappa shape index (κ3) is 6.25. The highest BCUT2D eigenvalue weighted by Gasteiger charge is 2.25. The number of anilines is 1. The SMILES string of the molecule is CCN1CCN(CC(=O)Nc2nc(C(C)(C)C)c(Cc3ccc(Cl)cc3)s2)CC1. The van der Waals surface area contributed by atoms with Crippen molar-refractivity contribution < 1.29 is 4.79 Å². The van der Waals surface area contributed by atoms with Crippen molar-refractivity contribution in [3.05, 3.63) is 45.4 Å². The van der Waals surface area contributed by atoms with Crippen molar-refractivity contribution in [3.63, 3.8) is 0 Å². The summed E-state index contributed by atoms with van der Waals surface area (Å²) in [5.74, 6) is 0.0159. The maximum Gasteiger partial charge on any atom is 0.240 e. The fourth-order valence-corrected chi connectivity index (χ4v) is 4.87. The molecule has 1 N–H and O–H groups in total. The molecule has 0 saturated carbocycles. The Labute approximate surface area is 183 Å². The number of hydrogen-bond donors (Lipinski definition) is 1. The summed E-state index contributed by atoms with van der Waals surface area (Å²) < 4.78 is 0. The molecule has 0 aliphatic carbocycles. The predicted octanol–water partition coefficient (Wildman–Crippen LogP) is 4.26. The van der Waals surface area contributed by atoms with Gasteiger partial charge in [-0.3, -0.25) is 9.69 Å². The molecule has 1 fully saturated rings. The van der Waals surface area contributed by atoms with Gasteiger partial charge in [-0.25, -0.2) is 4.98 Å². The summed E-state index contributed by atoms with van der Waals surface area (Å²) in [6, 6.07) is 7.91. The molecule has 1 aromatic carbocycles. The molecule has 29 heavy (non-hydrogen) atoms. The highest BCUT2D eigenvalue weighted by Crippen LogP contribution is 2.33. The Bertz CT molecular complexity index is 820. The highest BCUT2D eigenvalue weighted by molar-refractivity contribution is 7.15. The summed E-state index contributed by atoms with van der Waals surface area (Å²) in [6.07, 6.45) is 0.788. The number of rotatable bonds is 6. The molecular formula is C22H31ClN4OS. The quantitative estimate of drug-likeness (QED) is 0.737. The number of nitrogens with one attached hydrogen (secondary N) is 1. The largest absolute Gasteiger partial charge is 0.301 e. The summed E-state index contributed by atoms with van der Waals surface area (Å²) in [5, 5.41) is 4.46. The van der Waals surface area contributed by atoms with E-state index in [0.29, 0.717) is 11.7 Å². The first kappa shape index (κ1) is 22.2. The maximum atomic E-state index is 12.6.